The van der Waals surface area contributed by atoms with Crippen molar-refractivity contribution in [3.63, 3.8) is 0 Å². The highest BCUT2D eigenvalue weighted by molar-refractivity contribution is 6.30. The molecule has 1 saturated heterocycles. The molecule has 5 heteroatoms. The number of hydrogen-bond acceptors (Lipinski definition) is 4. The number of oxazole rings is 1. The first-order valence-electron chi connectivity index (χ1n) is 7.60. The molecule has 4 nitrogen and oxygen atoms in total. The maximum atomic E-state index is 11.0. The van der Waals surface area contributed by atoms with Crippen LogP contribution in [0, 0.1) is 6.92 Å². The summed E-state index contributed by atoms with van der Waals surface area (Å²) in [5.41, 5.74) is 1.04. The van der Waals surface area contributed by atoms with E-state index in [2.05, 4.69) is 16.8 Å². The Balaban J connectivity index is 1.71. The van der Waals surface area contributed by atoms with Crippen molar-refractivity contribution in [2.24, 2.45) is 0 Å². The van der Waals surface area contributed by atoms with E-state index in [4.69, 9.17) is 16.0 Å². The van der Waals surface area contributed by atoms with Gasteiger partial charge in [-0.2, -0.15) is 0 Å². The first-order chi connectivity index (χ1) is 10.5. The monoisotopic (exact) mass is 320 g/mol. The van der Waals surface area contributed by atoms with Gasteiger partial charge in [0.1, 0.15) is 6.26 Å². The number of likely N-dealkylation sites (tertiary alicyclic amines) is 1. The topological polar surface area (TPSA) is 49.5 Å². The summed E-state index contributed by atoms with van der Waals surface area (Å²) in [6.45, 7) is 5.56. The third kappa shape index (κ3) is 3.19. The molecule has 0 amide bonds. The largest absolute Gasteiger partial charge is 0.449 e. The molecule has 22 heavy (non-hydrogen) atoms. The van der Waals surface area contributed by atoms with Crippen molar-refractivity contribution in [1.82, 2.24) is 9.88 Å². The van der Waals surface area contributed by atoms with Gasteiger partial charge in [-0.3, -0.25) is 4.90 Å². The van der Waals surface area contributed by atoms with Crippen LogP contribution in [0.3, 0.4) is 0 Å². The average Bonchev–Trinajstić information content (AvgIpc) is 2.88. The fourth-order valence-corrected chi connectivity index (χ4v) is 3.42. The van der Waals surface area contributed by atoms with Crippen LogP contribution in [0.1, 0.15) is 36.9 Å². The van der Waals surface area contributed by atoms with Crippen LogP contribution in [0.5, 0.6) is 0 Å². The summed E-state index contributed by atoms with van der Waals surface area (Å²) in [6, 6.07) is 7.81. The number of nitrogens with zero attached hydrogens (tertiary/aromatic N) is 2. The Hall–Kier alpha value is -1.36. The summed E-state index contributed by atoms with van der Waals surface area (Å²) in [5.74, 6) is 0.690. The molecule has 2 heterocycles. The molecule has 1 N–H and O–H groups in total. The Kier molecular flexibility index (Phi) is 4.26. The van der Waals surface area contributed by atoms with Gasteiger partial charge in [0.15, 0.2) is 5.89 Å². The highest BCUT2D eigenvalue weighted by Gasteiger charge is 2.38. The Morgan fingerprint density at radius 1 is 1.50 bits per heavy atom. The number of piperidine rings is 1. The molecule has 1 aliphatic rings. The molecule has 118 valence electrons. The molecule has 0 radical (unpaired) electrons. The van der Waals surface area contributed by atoms with Gasteiger partial charge >= 0.3 is 0 Å². The number of halogens is 1. The fourth-order valence-electron chi connectivity index (χ4n) is 3.23. The number of aliphatic hydroxyl groups is 1. The first-order valence-corrected chi connectivity index (χ1v) is 7.97. The van der Waals surface area contributed by atoms with E-state index in [0.717, 1.165) is 24.3 Å². The van der Waals surface area contributed by atoms with Crippen LogP contribution in [-0.2, 0) is 12.1 Å². The van der Waals surface area contributed by atoms with Gasteiger partial charge < -0.3 is 9.52 Å². The summed E-state index contributed by atoms with van der Waals surface area (Å²) in [4.78, 5) is 6.69. The predicted molar refractivity (Wildman–Crippen MR) is 85.7 cm³/mol. The van der Waals surface area contributed by atoms with Crippen LogP contribution in [0.15, 0.2) is 34.9 Å². The van der Waals surface area contributed by atoms with Gasteiger partial charge in [-0.1, -0.05) is 23.7 Å². The van der Waals surface area contributed by atoms with E-state index in [0.29, 0.717) is 23.8 Å². The van der Waals surface area contributed by atoms with E-state index in [1.165, 1.54) is 0 Å². The molecule has 1 aromatic carbocycles. The molecular formula is C17H21ClN2O2. The molecule has 0 saturated carbocycles. The van der Waals surface area contributed by atoms with E-state index in [-0.39, 0.29) is 6.04 Å². The van der Waals surface area contributed by atoms with E-state index < -0.39 is 5.60 Å². The summed E-state index contributed by atoms with van der Waals surface area (Å²) in [7, 11) is 0. The predicted octanol–water partition coefficient (Wildman–Crippen LogP) is 3.51. The Bertz CT molecular complexity index is 658. The highest BCUT2D eigenvalue weighted by Crippen LogP contribution is 2.37. The first kappa shape index (κ1) is 15.5. The highest BCUT2D eigenvalue weighted by atomic mass is 35.5. The van der Waals surface area contributed by atoms with E-state index in [1.54, 1.807) is 6.26 Å². The minimum Gasteiger partial charge on any atom is -0.449 e. The van der Waals surface area contributed by atoms with E-state index in [9.17, 15) is 5.11 Å². The van der Waals surface area contributed by atoms with Crippen molar-refractivity contribution in [1.29, 1.82) is 0 Å². The zero-order chi connectivity index (χ0) is 15.7. The molecular weight excluding hydrogens is 300 g/mol. The lowest BCUT2D eigenvalue weighted by Gasteiger charge is -2.42. The summed E-state index contributed by atoms with van der Waals surface area (Å²) in [5, 5.41) is 11.7. The molecule has 1 aromatic heterocycles. The lowest BCUT2D eigenvalue weighted by molar-refractivity contribution is -0.0505. The number of aryl methyl sites for hydroxylation is 1. The average molecular weight is 321 g/mol. The zero-order valence-corrected chi connectivity index (χ0v) is 13.7. The standard InChI is InChI=1S/C17H21ClN2O2/c1-12-9-17(21,14-4-3-5-15(18)8-14)6-7-20(12)10-16-11-22-13(2)19-16/h3-5,8,11-12,21H,6-7,9-10H2,1-2H3/t12-,17+/m0/s1. The van der Waals surface area contributed by atoms with Crippen LogP contribution in [0.4, 0.5) is 0 Å². The van der Waals surface area contributed by atoms with Gasteiger partial charge in [-0.15, -0.1) is 0 Å². The normalized spacial score (nSPS) is 26.3. The van der Waals surface area contributed by atoms with Gasteiger partial charge in [0.05, 0.1) is 11.3 Å². The minimum absolute atomic E-state index is 0.259. The summed E-state index contributed by atoms with van der Waals surface area (Å²) in [6.07, 6.45) is 3.08. The molecule has 2 aromatic rings. The molecule has 0 spiro atoms. The lowest BCUT2D eigenvalue weighted by Crippen LogP contribution is -2.47. The van der Waals surface area contributed by atoms with Crippen LogP contribution in [0.2, 0.25) is 5.02 Å². The number of aromatic nitrogens is 1. The van der Waals surface area contributed by atoms with Crippen molar-refractivity contribution < 1.29 is 9.52 Å². The van der Waals surface area contributed by atoms with Crippen molar-refractivity contribution >= 4 is 11.6 Å². The lowest BCUT2D eigenvalue weighted by atomic mass is 9.81. The fraction of sp³-hybridized carbons (Fsp3) is 0.471. The van der Waals surface area contributed by atoms with Crippen molar-refractivity contribution in [3.8, 4) is 0 Å². The van der Waals surface area contributed by atoms with Gasteiger partial charge in [0.25, 0.3) is 0 Å². The van der Waals surface area contributed by atoms with Gasteiger partial charge in [-0.05, 0) is 37.5 Å². The summed E-state index contributed by atoms with van der Waals surface area (Å²) < 4.78 is 5.26. The number of rotatable bonds is 3. The smallest absolute Gasteiger partial charge is 0.191 e. The maximum Gasteiger partial charge on any atom is 0.191 e. The number of hydrogen-bond donors (Lipinski definition) is 1. The molecule has 0 bridgehead atoms. The molecule has 1 aliphatic heterocycles. The SMILES string of the molecule is Cc1nc(CN2CC[C@](O)(c3cccc(Cl)c3)C[C@@H]2C)co1. The van der Waals surface area contributed by atoms with Crippen molar-refractivity contribution in [3.05, 3.63) is 52.7 Å². The molecule has 2 atom stereocenters. The Labute approximate surface area is 135 Å². The number of benzene rings is 1. The third-order valence-corrected chi connectivity index (χ3v) is 4.70. The maximum absolute atomic E-state index is 11.0. The molecule has 1 fully saturated rings. The van der Waals surface area contributed by atoms with Gasteiger partial charge in [0.2, 0.25) is 0 Å². The van der Waals surface area contributed by atoms with Crippen LogP contribution in [-0.4, -0.2) is 27.6 Å². The van der Waals surface area contributed by atoms with Crippen LogP contribution in [0.25, 0.3) is 0 Å². The quantitative estimate of drug-likeness (QED) is 0.940. The Morgan fingerprint density at radius 3 is 2.95 bits per heavy atom. The molecule has 0 unspecified atom stereocenters. The van der Waals surface area contributed by atoms with Crippen molar-refractivity contribution in [2.75, 3.05) is 6.54 Å². The van der Waals surface area contributed by atoms with Crippen molar-refractivity contribution in [2.45, 2.75) is 44.9 Å². The zero-order valence-electron chi connectivity index (χ0n) is 12.9. The van der Waals surface area contributed by atoms with Crippen LogP contribution >= 0.6 is 11.6 Å². The summed E-state index contributed by atoms with van der Waals surface area (Å²) >= 11 is 6.06. The second-order valence-electron chi connectivity index (χ2n) is 6.17. The van der Waals surface area contributed by atoms with E-state index >= 15 is 0 Å². The molecule has 0 aliphatic carbocycles. The van der Waals surface area contributed by atoms with Gasteiger partial charge in [0, 0.05) is 31.1 Å². The third-order valence-electron chi connectivity index (χ3n) is 4.46. The second-order valence-corrected chi connectivity index (χ2v) is 6.61. The Morgan fingerprint density at radius 2 is 2.32 bits per heavy atom. The second kappa shape index (κ2) is 6.03. The van der Waals surface area contributed by atoms with E-state index in [1.807, 2.05) is 31.2 Å². The molecule has 3 rings (SSSR count). The minimum atomic E-state index is -0.805. The van der Waals surface area contributed by atoms with Gasteiger partial charge in [-0.25, -0.2) is 4.98 Å². The van der Waals surface area contributed by atoms with Crippen LogP contribution < -0.4 is 0 Å².